The highest BCUT2D eigenvalue weighted by atomic mass is 127. The van der Waals surface area contributed by atoms with Crippen molar-refractivity contribution < 1.29 is 8.42 Å². The lowest BCUT2D eigenvalue weighted by Gasteiger charge is -2.06. The SMILES string of the molecule is O=S(=O)(Nc1ccc(I)cn1)c1cccnc1. The highest BCUT2D eigenvalue weighted by molar-refractivity contribution is 14.1. The quantitative estimate of drug-likeness (QED) is 0.848. The summed E-state index contributed by atoms with van der Waals surface area (Å²) in [6.07, 6.45) is 4.39. The molecule has 1 N–H and O–H groups in total. The Morgan fingerprint density at radius 3 is 2.59 bits per heavy atom. The van der Waals surface area contributed by atoms with E-state index in [4.69, 9.17) is 0 Å². The molecule has 17 heavy (non-hydrogen) atoms. The Bertz CT molecular complexity index is 599. The molecule has 0 aliphatic carbocycles. The van der Waals surface area contributed by atoms with Gasteiger partial charge in [-0.05, 0) is 46.9 Å². The van der Waals surface area contributed by atoms with Crippen molar-refractivity contribution in [3.05, 3.63) is 46.4 Å². The van der Waals surface area contributed by atoms with E-state index >= 15 is 0 Å². The molecular weight excluding hydrogens is 353 g/mol. The number of halogens is 1. The minimum absolute atomic E-state index is 0.111. The van der Waals surface area contributed by atoms with Crippen molar-refractivity contribution in [1.82, 2.24) is 9.97 Å². The number of nitrogens with zero attached hydrogens (tertiary/aromatic N) is 2. The van der Waals surface area contributed by atoms with Gasteiger partial charge in [0.2, 0.25) is 0 Å². The lowest BCUT2D eigenvalue weighted by molar-refractivity contribution is 0.600. The van der Waals surface area contributed by atoms with Gasteiger partial charge in [-0.1, -0.05) is 0 Å². The second-order valence-corrected chi connectivity index (χ2v) is 6.08. The summed E-state index contributed by atoms with van der Waals surface area (Å²) in [5.41, 5.74) is 0. The first-order valence-electron chi connectivity index (χ1n) is 4.62. The number of rotatable bonds is 3. The Labute approximate surface area is 113 Å². The molecule has 0 amide bonds. The fraction of sp³-hybridized carbons (Fsp3) is 0. The van der Waals surface area contributed by atoms with E-state index in [0.29, 0.717) is 0 Å². The van der Waals surface area contributed by atoms with Crippen molar-refractivity contribution in [2.45, 2.75) is 4.90 Å². The molecule has 2 aromatic heterocycles. The van der Waals surface area contributed by atoms with Gasteiger partial charge in [0, 0.05) is 22.2 Å². The number of nitrogens with one attached hydrogen (secondary N) is 1. The second kappa shape index (κ2) is 4.96. The van der Waals surface area contributed by atoms with Crippen LogP contribution in [0.25, 0.3) is 0 Å². The number of sulfonamides is 1. The van der Waals surface area contributed by atoms with Gasteiger partial charge in [-0.3, -0.25) is 9.71 Å². The van der Waals surface area contributed by atoms with E-state index in [9.17, 15) is 8.42 Å². The maximum absolute atomic E-state index is 11.9. The van der Waals surface area contributed by atoms with Crippen LogP contribution in [-0.2, 0) is 10.0 Å². The van der Waals surface area contributed by atoms with Crippen molar-refractivity contribution in [3.8, 4) is 0 Å². The molecule has 7 heteroatoms. The van der Waals surface area contributed by atoms with Crippen molar-refractivity contribution in [2.24, 2.45) is 0 Å². The summed E-state index contributed by atoms with van der Waals surface area (Å²) in [4.78, 5) is 7.85. The van der Waals surface area contributed by atoms with E-state index in [1.54, 1.807) is 24.4 Å². The summed E-state index contributed by atoms with van der Waals surface area (Å²) in [6.45, 7) is 0. The van der Waals surface area contributed by atoms with Gasteiger partial charge in [0.05, 0.1) is 0 Å². The fourth-order valence-corrected chi connectivity index (χ4v) is 2.43. The normalized spacial score (nSPS) is 11.1. The molecule has 2 heterocycles. The predicted molar refractivity (Wildman–Crippen MR) is 72.0 cm³/mol. The van der Waals surface area contributed by atoms with Crippen molar-refractivity contribution in [1.29, 1.82) is 0 Å². The zero-order valence-corrected chi connectivity index (χ0v) is 11.5. The zero-order chi connectivity index (χ0) is 12.3. The fourth-order valence-electron chi connectivity index (χ4n) is 1.14. The van der Waals surface area contributed by atoms with Gasteiger partial charge in [-0.25, -0.2) is 13.4 Å². The highest BCUT2D eigenvalue weighted by Crippen LogP contribution is 2.13. The lowest BCUT2D eigenvalue weighted by Crippen LogP contribution is -2.13. The average molecular weight is 361 g/mol. The van der Waals surface area contributed by atoms with E-state index in [1.807, 2.05) is 0 Å². The maximum Gasteiger partial charge on any atom is 0.264 e. The Kier molecular flexibility index (Phi) is 3.57. The molecule has 5 nitrogen and oxygen atoms in total. The molecule has 2 rings (SSSR count). The largest absolute Gasteiger partial charge is 0.264 e. The summed E-state index contributed by atoms with van der Waals surface area (Å²) < 4.78 is 27.1. The predicted octanol–water partition coefficient (Wildman–Crippen LogP) is 1.88. The van der Waals surface area contributed by atoms with Crippen LogP contribution in [0, 0.1) is 3.57 Å². The standard InChI is InChI=1S/C10H8IN3O2S/c11-8-3-4-10(13-6-8)14-17(15,16)9-2-1-5-12-7-9/h1-7H,(H,13,14). The zero-order valence-electron chi connectivity index (χ0n) is 8.54. The van der Waals surface area contributed by atoms with Gasteiger partial charge in [0.15, 0.2) is 0 Å². The van der Waals surface area contributed by atoms with Gasteiger partial charge < -0.3 is 0 Å². The van der Waals surface area contributed by atoms with Crippen LogP contribution in [0.5, 0.6) is 0 Å². The molecule has 0 spiro atoms. The molecule has 88 valence electrons. The van der Waals surface area contributed by atoms with E-state index in [-0.39, 0.29) is 10.7 Å². The summed E-state index contributed by atoms with van der Waals surface area (Å²) in [6, 6.07) is 6.42. The van der Waals surface area contributed by atoms with Crippen LogP contribution in [0.3, 0.4) is 0 Å². The second-order valence-electron chi connectivity index (χ2n) is 3.16. The summed E-state index contributed by atoms with van der Waals surface area (Å²) >= 11 is 2.10. The molecule has 0 saturated carbocycles. The number of pyridine rings is 2. The molecule has 0 bridgehead atoms. The van der Waals surface area contributed by atoms with Crippen LogP contribution in [-0.4, -0.2) is 18.4 Å². The van der Waals surface area contributed by atoms with E-state index < -0.39 is 10.0 Å². The van der Waals surface area contributed by atoms with Crippen LogP contribution in [0.4, 0.5) is 5.82 Å². The monoisotopic (exact) mass is 361 g/mol. The Morgan fingerprint density at radius 1 is 1.18 bits per heavy atom. The third kappa shape index (κ3) is 3.13. The molecule has 0 unspecified atom stereocenters. The van der Waals surface area contributed by atoms with E-state index in [2.05, 4.69) is 37.3 Å². The van der Waals surface area contributed by atoms with Gasteiger partial charge in [0.25, 0.3) is 10.0 Å². The Morgan fingerprint density at radius 2 is 2.00 bits per heavy atom. The summed E-state index contributed by atoms with van der Waals surface area (Å²) in [7, 11) is -3.60. The van der Waals surface area contributed by atoms with Crippen molar-refractivity contribution in [2.75, 3.05) is 4.72 Å². The van der Waals surface area contributed by atoms with E-state index in [1.165, 1.54) is 18.5 Å². The summed E-state index contributed by atoms with van der Waals surface area (Å²) in [5.74, 6) is 0.286. The highest BCUT2D eigenvalue weighted by Gasteiger charge is 2.14. The van der Waals surface area contributed by atoms with Crippen LogP contribution in [0.15, 0.2) is 47.8 Å². The minimum atomic E-state index is -3.60. The number of hydrogen-bond donors (Lipinski definition) is 1. The first-order chi connectivity index (χ1) is 8.08. The smallest absolute Gasteiger partial charge is 0.263 e. The molecule has 0 atom stereocenters. The molecule has 0 aromatic carbocycles. The first-order valence-corrected chi connectivity index (χ1v) is 7.18. The molecule has 0 aliphatic heterocycles. The average Bonchev–Trinajstić information content (AvgIpc) is 2.33. The lowest BCUT2D eigenvalue weighted by atomic mass is 10.5. The molecule has 2 aromatic rings. The van der Waals surface area contributed by atoms with Crippen molar-refractivity contribution >= 4 is 38.4 Å². The molecule has 0 aliphatic rings. The maximum atomic E-state index is 11.9. The number of aromatic nitrogens is 2. The number of anilines is 1. The minimum Gasteiger partial charge on any atom is -0.263 e. The Balaban J connectivity index is 2.27. The van der Waals surface area contributed by atoms with Crippen LogP contribution >= 0.6 is 22.6 Å². The van der Waals surface area contributed by atoms with Gasteiger partial charge in [-0.2, -0.15) is 0 Å². The summed E-state index contributed by atoms with van der Waals surface area (Å²) in [5, 5.41) is 0. The van der Waals surface area contributed by atoms with Crippen LogP contribution in [0.1, 0.15) is 0 Å². The third-order valence-corrected chi connectivity index (χ3v) is 3.89. The first kappa shape index (κ1) is 12.2. The van der Waals surface area contributed by atoms with Crippen LogP contribution < -0.4 is 4.72 Å². The molecule has 0 fully saturated rings. The molecular formula is C10H8IN3O2S. The van der Waals surface area contributed by atoms with Crippen LogP contribution in [0.2, 0.25) is 0 Å². The number of hydrogen-bond acceptors (Lipinski definition) is 4. The molecule has 0 saturated heterocycles. The Hall–Kier alpha value is -1.22. The van der Waals surface area contributed by atoms with Gasteiger partial charge in [-0.15, -0.1) is 0 Å². The van der Waals surface area contributed by atoms with Crippen molar-refractivity contribution in [3.63, 3.8) is 0 Å². The molecule has 0 radical (unpaired) electrons. The van der Waals surface area contributed by atoms with E-state index in [0.717, 1.165) is 3.57 Å². The third-order valence-electron chi connectivity index (χ3n) is 1.91. The topological polar surface area (TPSA) is 72.0 Å². The van der Waals surface area contributed by atoms with Gasteiger partial charge in [0.1, 0.15) is 10.7 Å². The van der Waals surface area contributed by atoms with Gasteiger partial charge >= 0.3 is 0 Å².